The van der Waals surface area contributed by atoms with Gasteiger partial charge in [0.2, 0.25) is 11.8 Å². The lowest BCUT2D eigenvalue weighted by Gasteiger charge is -2.45. The van der Waals surface area contributed by atoms with Crippen molar-refractivity contribution >= 4 is 11.8 Å². The van der Waals surface area contributed by atoms with Gasteiger partial charge in [-0.1, -0.05) is 26.7 Å². The molecule has 1 unspecified atom stereocenters. The van der Waals surface area contributed by atoms with Crippen LogP contribution >= 0.6 is 0 Å². The number of rotatable bonds is 4. The van der Waals surface area contributed by atoms with Gasteiger partial charge in [-0.05, 0) is 32.1 Å². The zero-order chi connectivity index (χ0) is 17.3. The normalized spacial score (nSPS) is 27.7. The number of likely N-dealkylation sites (tertiary alicyclic amines) is 1. The molecule has 1 atom stereocenters. The lowest BCUT2D eigenvalue weighted by molar-refractivity contribution is -0.139. The number of nitrogens with zero attached hydrogens (tertiary/aromatic N) is 2. The summed E-state index contributed by atoms with van der Waals surface area (Å²) in [6.45, 7) is 8.70. The molecule has 0 aromatic carbocycles. The van der Waals surface area contributed by atoms with E-state index in [2.05, 4.69) is 31.0 Å². The topological polar surface area (TPSA) is 52.7 Å². The van der Waals surface area contributed by atoms with Gasteiger partial charge in [0.1, 0.15) is 0 Å². The van der Waals surface area contributed by atoms with Gasteiger partial charge in [-0.3, -0.25) is 14.9 Å². The first kappa shape index (κ1) is 17.7. The van der Waals surface area contributed by atoms with E-state index in [1.165, 1.54) is 12.8 Å². The summed E-state index contributed by atoms with van der Waals surface area (Å²) in [5.41, 5.74) is -0.224. The monoisotopic (exact) mass is 335 g/mol. The third-order valence-corrected chi connectivity index (χ3v) is 6.15. The molecule has 3 rings (SSSR count). The van der Waals surface area contributed by atoms with E-state index in [0.717, 1.165) is 51.7 Å². The molecule has 3 fully saturated rings. The molecule has 1 N–H and O–H groups in total. The van der Waals surface area contributed by atoms with Crippen LogP contribution in [0.2, 0.25) is 0 Å². The van der Waals surface area contributed by atoms with Crippen LogP contribution in [0.25, 0.3) is 0 Å². The molecule has 1 aliphatic carbocycles. The summed E-state index contributed by atoms with van der Waals surface area (Å²) in [5, 5.41) is 3.66. The highest BCUT2D eigenvalue weighted by molar-refractivity contribution is 5.85. The highest BCUT2D eigenvalue weighted by Crippen LogP contribution is 2.35. The first-order chi connectivity index (χ1) is 11.5. The molecule has 1 saturated carbocycles. The molecule has 0 radical (unpaired) electrons. The minimum Gasteiger partial charge on any atom is -0.342 e. The first-order valence-corrected chi connectivity index (χ1v) is 9.85. The lowest BCUT2D eigenvalue weighted by Crippen LogP contribution is -2.59. The van der Waals surface area contributed by atoms with Crippen molar-refractivity contribution in [2.45, 2.75) is 77.4 Å². The van der Waals surface area contributed by atoms with E-state index >= 15 is 0 Å². The van der Waals surface area contributed by atoms with E-state index < -0.39 is 0 Å². The molecule has 2 aliphatic heterocycles. The number of hydrogen-bond acceptors (Lipinski definition) is 3. The Bertz CT molecular complexity index is 477. The van der Waals surface area contributed by atoms with Crippen molar-refractivity contribution in [3.05, 3.63) is 0 Å². The van der Waals surface area contributed by atoms with Crippen molar-refractivity contribution in [3.8, 4) is 0 Å². The third kappa shape index (κ3) is 3.19. The first-order valence-electron chi connectivity index (χ1n) is 9.85. The van der Waals surface area contributed by atoms with Crippen molar-refractivity contribution < 1.29 is 9.59 Å². The summed E-state index contributed by atoms with van der Waals surface area (Å²) in [6, 6.07) is -0.0537. The molecule has 2 saturated heterocycles. The molecular weight excluding hydrogens is 302 g/mol. The largest absolute Gasteiger partial charge is 0.342 e. The number of likely N-dealkylation sites (N-methyl/N-ethyl adjacent to an activating group) is 1. The Morgan fingerprint density at radius 3 is 2.42 bits per heavy atom. The van der Waals surface area contributed by atoms with Crippen LogP contribution in [0.4, 0.5) is 0 Å². The minimum absolute atomic E-state index is 0.0537. The molecule has 5 heteroatoms. The Morgan fingerprint density at radius 1 is 1.25 bits per heavy atom. The molecule has 0 aromatic rings. The van der Waals surface area contributed by atoms with Crippen LogP contribution in [-0.4, -0.2) is 53.0 Å². The summed E-state index contributed by atoms with van der Waals surface area (Å²) in [7, 11) is 0. The molecule has 0 bridgehead atoms. The number of amides is 2. The quantitative estimate of drug-likeness (QED) is 0.858. The lowest BCUT2D eigenvalue weighted by atomic mass is 9.94. The number of piperidine rings is 1. The van der Waals surface area contributed by atoms with Gasteiger partial charge in [-0.15, -0.1) is 0 Å². The zero-order valence-corrected chi connectivity index (χ0v) is 15.5. The SMILES string of the molecule is CCN1C(=O)C(CC(C)C)NC12CCN(C(=O)C1CCCC1)CC2. The second-order valence-corrected chi connectivity index (χ2v) is 8.25. The molecule has 1 spiro atoms. The Morgan fingerprint density at radius 2 is 1.88 bits per heavy atom. The molecule has 3 aliphatic rings. The molecule has 136 valence electrons. The Kier molecular flexibility index (Phi) is 5.19. The average Bonchev–Trinajstić information content (AvgIpc) is 3.15. The summed E-state index contributed by atoms with van der Waals surface area (Å²) in [4.78, 5) is 29.5. The van der Waals surface area contributed by atoms with Crippen LogP contribution in [0.5, 0.6) is 0 Å². The van der Waals surface area contributed by atoms with Crippen LogP contribution < -0.4 is 5.32 Å². The van der Waals surface area contributed by atoms with Crippen LogP contribution in [0.3, 0.4) is 0 Å². The molecule has 24 heavy (non-hydrogen) atoms. The fourth-order valence-corrected chi connectivity index (χ4v) is 4.89. The van der Waals surface area contributed by atoms with Gasteiger partial charge >= 0.3 is 0 Å². The van der Waals surface area contributed by atoms with Crippen molar-refractivity contribution in [2.24, 2.45) is 11.8 Å². The van der Waals surface area contributed by atoms with Gasteiger partial charge in [0, 0.05) is 38.4 Å². The second kappa shape index (κ2) is 7.03. The van der Waals surface area contributed by atoms with E-state index in [9.17, 15) is 9.59 Å². The van der Waals surface area contributed by atoms with E-state index in [1.54, 1.807) is 0 Å². The molecule has 5 nitrogen and oxygen atoms in total. The van der Waals surface area contributed by atoms with Gasteiger partial charge in [0.05, 0.1) is 11.7 Å². The van der Waals surface area contributed by atoms with E-state index in [1.807, 2.05) is 4.90 Å². The number of hydrogen-bond donors (Lipinski definition) is 1. The third-order valence-electron chi connectivity index (χ3n) is 6.15. The van der Waals surface area contributed by atoms with Crippen molar-refractivity contribution in [3.63, 3.8) is 0 Å². The fraction of sp³-hybridized carbons (Fsp3) is 0.895. The van der Waals surface area contributed by atoms with E-state index in [-0.39, 0.29) is 23.5 Å². The standard InChI is InChI=1S/C19H33N3O2/c1-4-22-18(24)16(13-14(2)3)20-19(22)9-11-21(12-10-19)17(23)15-7-5-6-8-15/h14-16,20H,4-13H2,1-3H3. The number of nitrogens with one attached hydrogen (secondary N) is 1. The van der Waals surface area contributed by atoms with Gasteiger partial charge < -0.3 is 9.80 Å². The zero-order valence-electron chi connectivity index (χ0n) is 15.5. The van der Waals surface area contributed by atoms with Gasteiger partial charge in [-0.25, -0.2) is 0 Å². The molecule has 2 heterocycles. The molecule has 2 amide bonds. The van der Waals surface area contributed by atoms with Gasteiger partial charge in [0.15, 0.2) is 0 Å². The van der Waals surface area contributed by atoms with Crippen LogP contribution in [0.15, 0.2) is 0 Å². The molecule has 0 aromatic heterocycles. The minimum atomic E-state index is -0.224. The van der Waals surface area contributed by atoms with Crippen molar-refractivity contribution in [1.29, 1.82) is 0 Å². The number of carbonyl (C=O) groups is 2. The van der Waals surface area contributed by atoms with Crippen LogP contribution in [0.1, 0.15) is 65.7 Å². The van der Waals surface area contributed by atoms with Crippen LogP contribution in [-0.2, 0) is 9.59 Å². The molecular formula is C19H33N3O2. The summed E-state index contributed by atoms with van der Waals surface area (Å²) >= 11 is 0. The fourth-order valence-electron chi connectivity index (χ4n) is 4.89. The van der Waals surface area contributed by atoms with Gasteiger partial charge in [0.25, 0.3) is 0 Å². The highest BCUT2D eigenvalue weighted by Gasteiger charge is 2.51. The predicted octanol–water partition coefficient (Wildman–Crippen LogP) is 2.36. The maximum absolute atomic E-state index is 12.8. The Balaban J connectivity index is 1.64. The maximum atomic E-state index is 12.8. The van der Waals surface area contributed by atoms with E-state index in [0.29, 0.717) is 11.8 Å². The number of carbonyl (C=O) groups excluding carboxylic acids is 2. The van der Waals surface area contributed by atoms with E-state index in [4.69, 9.17) is 0 Å². The highest BCUT2D eigenvalue weighted by atomic mass is 16.2. The second-order valence-electron chi connectivity index (χ2n) is 8.25. The van der Waals surface area contributed by atoms with Crippen molar-refractivity contribution in [1.82, 2.24) is 15.1 Å². The summed E-state index contributed by atoms with van der Waals surface area (Å²) in [6.07, 6.45) is 7.14. The Labute approximate surface area is 146 Å². The summed E-state index contributed by atoms with van der Waals surface area (Å²) in [5.74, 6) is 1.37. The smallest absolute Gasteiger partial charge is 0.241 e. The Hall–Kier alpha value is -1.10. The predicted molar refractivity (Wildman–Crippen MR) is 94.3 cm³/mol. The summed E-state index contributed by atoms with van der Waals surface area (Å²) < 4.78 is 0. The average molecular weight is 335 g/mol. The maximum Gasteiger partial charge on any atom is 0.241 e. The van der Waals surface area contributed by atoms with Crippen LogP contribution in [0, 0.1) is 11.8 Å². The van der Waals surface area contributed by atoms with Gasteiger partial charge in [-0.2, -0.15) is 0 Å². The van der Waals surface area contributed by atoms with Crippen molar-refractivity contribution in [2.75, 3.05) is 19.6 Å².